The predicted molar refractivity (Wildman–Crippen MR) is 116 cm³/mol. The van der Waals surface area contributed by atoms with Crippen molar-refractivity contribution in [2.45, 2.75) is 23.9 Å². The second-order valence-electron chi connectivity index (χ2n) is 7.16. The zero-order valence-corrected chi connectivity index (χ0v) is 18.4. The van der Waals surface area contributed by atoms with E-state index < -0.39 is 31.8 Å². The number of aromatic nitrogens is 3. The minimum absolute atomic E-state index is 0.00632. The number of halogens is 4. The van der Waals surface area contributed by atoms with Crippen LogP contribution in [0.3, 0.4) is 0 Å². The molecule has 4 aromatic rings. The van der Waals surface area contributed by atoms with E-state index in [0.29, 0.717) is 21.5 Å². The Balaban J connectivity index is 1.80. The molecule has 0 radical (unpaired) electrons. The first-order valence-electron chi connectivity index (χ1n) is 9.38. The van der Waals surface area contributed by atoms with Crippen molar-refractivity contribution in [1.29, 1.82) is 0 Å². The predicted octanol–water partition coefficient (Wildman–Crippen LogP) is 4.20. The number of alkyl halides is 3. The van der Waals surface area contributed by atoms with Crippen molar-refractivity contribution in [2.75, 3.05) is 0 Å². The number of pyridine rings is 1. The molecule has 2 aromatic heterocycles. The molecular weight excluding hydrogens is 483 g/mol. The minimum Gasteiger partial charge on any atom is -0.493 e. The third kappa shape index (κ3) is 3.76. The topological polar surface area (TPSA) is 94.2 Å². The van der Waals surface area contributed by atoms with Crippen LogP contribution in [0.2, 0.25) is 5.02 Å². The first-order chi connectivity index (χ1) is 15.4. The quantitative estimate of drug-likeness (QED) is 0.456. The normalized spacial score (nSPS) is 12.4. The van der Waals surface area contributed by atoms with Gasteiger partial charge in [0, 0.05) is 17.1 Å². The molecule has 1 N–H and O–H groups in total. The highest BCUT2D eigenvalue weighted by Crippen LogP contribution is 2.31. The van der Waals surface area contributed by atoms with Gasteiger partial charge in [-0.15, -0.1) is 0 Å². The van der Waals surface area contributed by atoms with Crippen molar-refractivity contribution >= 4 is 32.3 Å². The van der Waals surface area contributed by atoms with Crippen molar-refractivity contribution in [3.8, 4) is 11.6 Å². The Morgan fingerprint density at radius 2 is 1.73 bits per heavy atom. The number of benzene rings is 2. The molecule has 0 atom stereocenters. The molecule has 0 aliphatic carbocycles. The fourth-order valence-electron chi connectivity index (χ4n) is 3.46. The van der Waals surface area contributed by atoms with E-state index in [-0.39, 0.29) is 17.9 Å². The standard InChI is InChI=1S/C21H15ClF3N3O4S/c1-12-19(29)28(13-6-8-14(9-7-13)33(31,32)21(23,24)25)20(30)27(12)11-16-15-4-2-3-5-18(15)26-10-17(16)22/h2-10,29H,11H2,1H3. The summed E-state index contributed by atoms with van der Waals surface area (Å²) in [5, 5.41) is 11.6. The molecule has 2 heterocycles. The number of fused-ring (bicyclic) bond motifs is 1. The van der Waals surface area contributed by atoms with Crippen LogP contribution < -0.4 is 5.69 Å². The van der Waals surface area contributed by atoms with Crippen LogP contribution in [0.15, 0.2) is 64.4 Å². The lowest BCUT2D eigenvalue weighted by Gasteiger charge is -2.10. The molecular formula is C21H15ClF3N3O4S. The van der Waals surface area contributed by atoms with E-state index in [9.17, 15) is 31.5 Å². The van der Waals surface area contributed by atoms with Gasteiger partial charge >= 0.3 is 11.2 Å². The molecule has 33 heavy (non-hydrogen) atoms. The van der Waals surface area contributed by atoms with Gasteiger partial charge in [0.2, 0.25) is 5.88 Å². The summed E-state index contributed by atoms with van der Waals surface area (Å²) in [6.07, 6.45) is 1.45. The molecule has 0 bridgehead atoms. The lowest BCUT2D eigenvalue weighted by molar-refractivity contribution is -0.0436. The first kappa shape index (κ1) is 22.9. The first-order valence-corrected chi connectivity index (χ1v) is 11.2. The average Bonchev–Trinajstić information content (AvgIpc) is 2.98. The van der Waals surface area contributed by atoms with Gasteiger partial charge in [-0.05, 0) is 37.3 Å². The summed E-state index contributed by atoms with van der Waals surface area (Å²) >= 11 is 6.32. The number of imidazole rings is 1. The Labute approximate surface area is 190 Å². The van der Waals surface area contributed by atoms with Crippen LogP contribution in [-0.4, -0.2) is 33.2 Å². The Morgan fingerprint density at radius 1 is 1.09 bits per heavy atom. The molecule has 0 fully saturated rings. The monoisotopic (exact) mass is 497 g/mol. The largest absolute Gasteiger partial charge is 0.501 e. The number of rotatable bonds is 4. The molecule has 12 heteroatoms. The van der Waals surface area contributed by atoms with Crippen LogP contribution in [0.4, 0.5) is 13.2 Å². The molecule has 0 aliphatic rings. The van der Waals surface area contributed by atoms with Crippen LogP contribution in [0.25, 0.3) is 16.6 Å². The number of para-hydroxylation sites is 1. The molecule has 0 saturated carbocycles. The van der Waals surface area contributed by atoms with Crippen molar-refractivity contribution in [3.63, 3.8) is 0 Å². The Bertz CT molecular complexity index is 1540. The molecule has 172 valence electrons. The number of hydrogen-bond donors (Lipinski definition) is 1. The van der Waals surface area contributed by atoms with Crippen molar-refractivity contribution in [2.24, 2.45) is 0 Å². The second kappa shape index (κ2) is 7.92. The van der Waals surface area contributed by atoms with E-state index in [1.165, 1.54) is 17.7 Å². The van der Waals surface area contributed by atoms with E-state index in [4.69, 9.17) is 11.6 Å². The fourth-order valence-corrected chi connectivity index (χ4v) is 4.43. The SMILES string of the molecule is Cc1c(O)n(-c2ccc(S(=O)(=O)C(F)(F)F)cc2)c(=O)n1Cc1c(Cl)cnc2ccccc12. The van der Waals surface area contributed by atoms with Gasteiger partial charge < -0.3 is 5.11 Å². The van der Waals surface area contributed by atoms with Crippen LogP contribution in [0.5, 0.6) is 5.88 Å². The fraction of sp³-hybridized carbons (Fsp3) is 0.143. The number of hydrogen-bond acceptors (Lipinski definition) is 5. The number of sulfone groups is 1. The molecule has 0 saturated heterocycles. The van der Waals surface area contributed by atoms with Gasteiger partial charge in [0.05, 0.1) is 33.4 Å². The molecule has 0 unspecified atom stereocenters. The van der Waals surface area contributed by atoms with E-state index in [2.05, 4.69) is 4.98 Å². The van der Waals surface area contributed by atoms with Crippen molar-refractivity contribution in [3.05, 3.63) is 81.5 Å². The van der Waals surface area contributed by atoms with E-state index in [0.717, 1.165) is 28.8 Å². The summed E-state index contributed by atoms with van der Waals surface area (Å²) in [5.41, 5.74) is -4.72. The maximum absolute atomic E-state index is 13.1. The van der Waals surface area contributed by atoms with Crippen LogP contribution >= 0.6 is 11.6 Å². The van der Waals surface area contributed by atoms with Crippen molar-refractivity contribution in [1.82, 2.24) is 14.1 Å². The third-order valence-corrected chi connectivity index (χ3v) is 7.05. The molecule has 7 nitrogen and oxygen atoms in total. The van der Waals surface area contributed by atoms with Crippen LogP contribution in [0.1, 0.15) is 11.3 Å². The highest BCUT2D eigenvalue weighted by atomic mass is 35.5. The van der Waals surface area contributed by atoms with Gasteiger partial charge in [0.25, 0.3) is 9.84 Å². The summed E-state index contributed by atoms with van der Waals surface area (Å²) < 4.78 is 63.6. The second-order valence-corrected chi connectivity index (χ2v) is 9.51. The summed E-state index contributed by atoms with van der Waals surface area (Å²) in [7, 11) is -5.54. The molecule has 4 rings (SSSR count). The van der Waals surface area contributed by atoms with Crippen LogP contribution in [0, 0.1) is 6.92 Å². The summed E-state index contributed by atoms with van der Waals surface area (Å²) in [6, 6.07) is 10.6. The molecule has 0 amide bonds. The number of nitrogens with zero attached hydrogens (tertiary/aromatic N) is 3. The number of aromatic hydroxyl groups is 1. The molecule has 0 spiro atoms. The average molecular weight is 498 g/mol. The van der Waals surface area contributed by atoms with E-state index >= 15 is 0 Å². The minimum atomic E-state index is -5.54. The maximum atomic E-state index is 13.1. The van der Waals surface area contributed by atoms with Gasteiger partial charge in [0.1, 0.15) is 0 Å². The zero-order valence-electron chi connectivity index (χ0n) is 16.8. The zero-order chi connectivity index (χ0) is 24.1. The Morgan fingerprint density at radius 3 is 2.36 bits per heavy atom. The maximum Gasteiger partial charge on any atom is 0.501 e. The summed E-state index contributed by atoms with van der Waals surface area (Å²) in [5.74, 6) is -0.444. The lowest BCUT2D eigenvalue weighted by atomic mass is 10.1. The highest BCUT2D eigenvalue weighted by molar-refractivity contribution is 7.92. The van der Waals surface area contributed by atoms with E-state index in [1.807, 2.05) is 0 Å². The van der Waals surface area contributed by atoms with E-state index in [1.54, 1.807) is 24.3 Å². The molecule has 2 aromatic carbocycles. The Kier molecular flexibility index (Phi) is 5.49. The Hall–Kier alpha value is -3.31. The lowest BCUT2D eigenvalue weighted by Crippen LogP contribution is -2.25. The van der Waals surface area contributed by atoms with Gasteiger partial charge in [-0.3, -0.25) is 9.55 Å². The van der Waals surface area contributed by atoms with Gasteiger partial charge in [-0.25, -0.2) is 17.8 Å². The smallest absolute Gasteiger partial charge is 0.493 e. The van der Waals surface area contributed by atoms with Crippen LogP contribution in [-0.2, 0) is 16.4 Å². The molecule has 0 aliphatic heterocycles. The highest BCUT2D eigenvalue weighted by Gasteiger charge is 2.46. The van der Waals surface area contributed by atoms with Gasteiger partial charge in [0.15, 0.2) is 0 Å². The summed E-state index contributed by atoms with van der Waals surface area (Å²) in [6.45, 7) is 1.49. The summed E-state index contributed by atoms with van der Waals surface area (Å²) in [4.78, 5) is 16.4. The third-order valence-electron chi connectivity index (χ3n) is 5.22. The van der Waals surface area contributed by atoms with Gasteiger partial charge in [-0.2, -0.15) is 13.2 Å². The van der Waals surface area contributed by atoms with Gasteiger partial charge in [-0.1, -0.05) is 29.8 Å². The van der Waals surface area contributed by atoms with Crippen molar-refractivity contribution < 1.29 is 26.7 Å².